The molecule has 140 valence electrons. The second-order valence-electron chi connectivity index (χ2n) is 6.19. The number of nitriles is 1. The van der Waals surface area contributed by atoms with Crippen molar-refractivity contribution in [2.45, 2.75) is 5.75 Å². The zero-order chi connectivity index (χ0) is 19.4. The van der Waals surface area contributed by atoms with Gasteiger partial charge in [0, 0.05) is 43.5 Å². The molecule has 0 unspecified atom stereocenters. The van der Waals surface area contributed by atoms with E-state index < -0.39 is 14.9 Å². The van der Waals surface area contributed by atoms with Gasteiger partial charge in [0.25, 0.3) is 5.69 Å². The minimum absolute atomic E-state index is 0.183. The van der Waals surface area contributed by atoms with Crippen LogP contribution in [0.15, 0.2) is 48.5 Å². The van der Waals surface area contributed by atoms with Gasteiger partial charge in [0.2, 0.25) is 10.0 Å². The third kappa shape index (κ3) is 4.24. The van der Waals surface area contributed by atoms with Crippen molar-refractivity contribution in [2.75, 3.05) is 31.1 Å². The van der Waals surface area contributed by atoms with E-state index in [1.807, 2.05) is 12.1 Å². The smallest absolute Gasteiger partial charge is 0.273 e. The average Bonchev–Trinajstić information content (AvgIpc) is 2.68. The SMILES string of the molecule is N#Cc1ccc(N2CCN(S(=O)(=O)Cc3ccccc3[N+](=O)[O-])CC2)cc1. The zero-order valence-electron chi connectivity index (χ0n) is 14.5. The number of nitrogens with zero attached hydrogens (tertiary/aromatic N) is 4. The molecule has 1 saturated heterocycles. The molecular formula is C18H18N4O4S. The number of nitro benzene ring substituents is 1. The van der Waals surface area contributed by atoms with E-state index >= 15 is 0 Å². The van der Waals surface area contributed by atoms with E-state index in [9.17, 15) is 18.5 Å². The quantitative estimate of drug-likeness (QED) is 0.575. The molecular weight excluding hydrogens is 368 g/mol. The minimum Gasteiger partial charge on any atom is -0.369 e. The topological polar surface area (TPSA) is 108 Å². The Hall–Kier alpha value is -2.96. The highest BCUT2D eigenvalue weighted by atomic mass is 32.2. The van der Waals surface area contributed by atoms with Gasteiger partial charge in [0.15, 0.2) is 0 Å². The van der Waals surface area contributed by atoms with E-state index in [-0.39, 0.29) is 17.0 Å². The highest BCUT2D eigenvalue weighted by molar-refractivity contribution is 7.88. The van der Waals surface area contributed by atoms with Crippen LogP contribution in [-0.4, -0.2) is 43.8 Å². The number of anilines is 1. The Morgan fingerprint density at radius 1 is 1.04 bits per heavy atom. The molecule has 0 aromatic heterocycles. The van der Waals surface area contributed by atoms with Gasteiger partial charge in [-0.1, -0.05) is 18.2 Å². The molecule has 0 aliphatic carbocycles. The van der Waals surface area contributed by atoms with Crippen LogP contribution in [0.25, 0.3) is 0 Å². The van der Waals surface area contributed by atoms with Crippen molar-refractivity contribution in [1.29, 1.82) is 5.26 Å². The normalized spacial score (nSPS) is 15.3. The van der Waals surface area contributed by atoms with Gasteiger partial charge in [-0.15, -0.1) is 0 Å². The third-order valence-electron chi connectivity index (χ3n) is 4.52. The van der Waals surface area contributed by atoms with Crippen LogP contribution in [0.5, 0.6) is 0 Å². The second kappa shape index (κ2) is 7.73. The van der Waals surface area contributed by atoms with E-state index in [0.29, 0.717) is 31.7 Å². The average molecular weight is 386 g/mol. The first-order valence-corrected chi connectivity index (χ1v) is 9.97. The molecule has 1 heterocycles. The van der Waals surface area contributed by atoms with Crippen LogP contribution >= 0.6 is 0 Å². The largest absolute Gasteiger partial charge is 0.369 e. The fourth-order valence-electron chi connectivity index (χ4n) is 3.07. The van der Waals surface area contributed by atoms with Gasteiger partial charge in [-0.3, -0.25) is 10.1 Å². The van der Waals surface area contributed by atoms with Gasteiger partial charge in [-0.25, -0.2) is 8.42 Å². The summed E-state index contributed by atoms with van der Waals surface area (Å²) in [5, 5.41) is 20.0. The lowest BCUT2D eigenvalue weighted by Crippen LogP contribution is -2.49. The van der Waals surface area contributed by atoms with E-state index in [1.54, 1.807) is 18.2 Å². The summed E-state index contributed by atoms with van der Waals surface area (Å²) in [7, 11) is -3.65. The summed E-state index contributed by atoms with van der Waals surface area (Å²) in [5.74, 6) is -0.388. The number of piperazine rings is 1. The molecule has 2 aromatic rings. The Morgan fingerprint density at radius 2 is 1.67 bits per heavy atom. The Morgan fingerprint density at radius 3 is 2.26 bits per heavy atom. The standard InChI is InChI=1S/C18H18N4O4S/c19-13-15-5-7-17(8-6-15)20-9-11-21(12-10-20)27(25,26)14-16-3-1-2-4-18(16)22(23)24/h1-8H,9-12,14H2. The maximum atomic E-state index is 12.7. The van der Waals surface area contributed by atoms with Crippen LogP contribution in [0.1, 0.15) is 11.1 Å². The summed E-state index contributed by atoms with van der Waals surface area (Å²) in [6.07, 6.45) is 0. The molecule has 0 amide bonds. The van der Waals surface area contributed by atoms with Gasteiger partial charge in [0.1, 0.15) is 0 Å². The third-order valence-corrected chi connectivity index (χ3v) is 6.35. The molecule has 3 rings (SSSR count). The highest BCUT2D eigenvalue weighted by Gasteiger charge is 2.29. The van der Waals surface area contributed by atoms with Crippen molar-refractivity contribution >= 4 is 21.4 Å². The van der Waals surface area contributed by atoms with Gasteiger partial charge in [0.05, 0.1) is 22.3 Å². The number of para-hydroxylation sites is 1. The number of hydrogen-bond donors (Lipinski definition) is 0. The predicted molar refractivity (Wildman–Crippen MR) is 101 cm³/mol. The van der Waals surface area contributed by atoms with Crippen LogP contribution in [-0.2, 0) is 15.8 Å². The molecule has 0 spiro atoms. The molecule has 0 radical (unpaired) electrons. The molecule has 9 heteroatoms. The lowest BCUT2D eigenvalue weighted by atomic mass is 10.2. The van der Waals surface area contributed by atoms with Gasteiger partial charge in [-0.2, -0.15) is 9.57 Å². The van der Waals surface area contributed by atoms with Crippen LogP contribution in [0.2, 0.25) is 0 Å². The summed E-state index contributed by atoms with van der Waals surface area (Å²) in [5.41, 5.74) is 1.52. The Labute approximate surface area is 157 Å². The molecule has 1 aliphatic heterocycles. The van der Waals surface area contributed by atoms with E-state index in [1.165, 1.54) is 22.5 Å². The number of rotatable bonds is 5. The van der Waals surface area contributed by atoms with Crippen LogP contribution in [0.3, 0.4) is 0 Å². The van der Waals surface area contributed by atoms with Crippen LogP contribution in [0.4, 0.5) is 11.4 Å². The van der Waals surface area contributed by atoms with Gasteiger partial charge < -0.3 is 4.90 Å². The van der Waals surface area contributed by atoms with E-state index in [0.717, 1.165) is 5.69 Å². The molecule has 0 N–H and O–H groups in total. The summed E-state index contributed by atoms with van der Waals surface area (Å²) < 4.78 is 26.8. The lowest BCUT2D eigenvalue weighted by molar-refractivity contribution is -0.385. The minimum atomic E-state index is -3.65. The van der Waals surface area contributed by atoms with Crippen molar-refractivity contribution in [3.05, 3.63) is 69.8 Å². The monoisotopic (exact) mass is 386 g/mol. The number of nitro groups is 1. The lowest BCUT2D eigenvalue weighted by Gasteiger charge is -2.35. The molecule has 2 aromatic carbocycles. The van der Waals surface area contributed by atoms with Crippen molar-refractivity contribution in [3.63, 3.8) is 0 Å². The highest BCUT2D eigenvalue weighted by Crippen LogP contribution is 2.23. The van der Waals surface area contributed by atoms with E-state index in [4.69, 9.17) is 5.26 Å². The van der Waals surface area contributed by atoms with Crippen LogP contribution < -0.4 is 4.90 Å². The van der Waals surface area contributed by atoms with Crippen molar-refractivity contribution in [2.24, 2.45) is 0 Å². The fraction of sp³-hybridized carbons (Fsp3) is 0.278. The first kappa shape index (κ1) is 18.8. The van der Waals surface area contributed by atoms with Crippen molar-refractivity contribution in [1.82, 2.24) is 4.31 Å². The second-order valence-corrected chi connectivity index (χ2v) is 8.16. The molecule has 8 nitrogen and oxygen atoms in total. The number of sulfonamides is 1. The fourth-order valence-corrected chi connectivity index (χ4v) is 4.61. The number of benzene rings is 2. The number of hydrogen-bond acceptors (Lipinski definition) is 6. The molecule has 27 heavy (non-hydrogen) atoms. The van der Waals surface area contributed by atoms with E-state index in [2.05, 4.69) is 11.0 Å². The molecule has 1 aliphatic rings. The summed E-state index contributed by atoms with van der Waals surface area (Å²) in [6, 6.07) is 15.1. The van der Waals surface area contributed by atoms with Gasteiger partial charge in [-0.05, 0) is 24.3 Å². The summed E-state index contributed by atoms with van der Waals surface area (Å²) in [6.45, 7) is 1.65. The first-order chi connectivity index (χ1) is 12.9. The summed E-state index contributed by atoms with van der Waals surface area (Å²) >= 11 is 0. The maximum absolute atomic E-state index is 12.7. The molecule has 1 fully saturated rings. The molecule has 0 bridgehead atoms. The molecule has 0 saturated carbocycles. The Kier molecular flexibility index (Phi) is 5.39. The first-order valence-electron chi connectivity index (χ1n) is 8.36. The Bertz CT molecular complexity index is 975. The predicted octanol–water partition coefficient (Wildman–Crippen LogP) is 2.12. The van der Waals surface area contributed by atoms with Gasteiger partial charge >= 0.3 is 0 Å². The maximum Gasteiger partial charge on any atom is 0.273 e. The Balaban J connectivity index is 1.68. The zero-order valence-corrected chi connectivity index (χ0v) is 15.3. The van der Waals surface area contributed by atoms with Crippen molar-refractivity contribution in [3.8, 4) is 6.07 Å². The van der Waals surface area contributed by atoms with Crippen molar-refractivity contribution < 1.29 is 13.3 Å². The molecule has 0 atom stereocenters. The summed E-state index contributed by atoms with van der Waals surface area (Å²) in [4.78, 5) is 12.6. The van der Waals surface area contributed by atoms with Crippen LogP contribution in [0, 0.1) is 21.4 Å².